The fourth-order valence-electron chi connectivity index (χ4n) is 2.96. The topological polar surface area (TPSA) is 38.3 Å². The van der Waals surface area contributed by atoms with Gasteiger partial charge < -0.3 is 10.1 Å². The molecule has 0 spiro atoms. The molecule has 1 N–H and O–H groups in total. The van der Waals surface area contributed by atoms with Crippen LogP contribution in [0, 0.1) is 11.8 Å². The fourth-order valence-corrected chi connectivity index (χ4v) is 3.29. The van der Waals surface area contributed by atoms with Gasteiger partial charge in [-0.2, -0.15) is 0 Å². The van der Waals surface area contributed by atoms with Crippen LogP contribution in [0.25, 0.3) is 0 Å². The number of ether oxygens (including phenoxy) is 1. The van der Waals surface area contributed by atoms with Crippen molar-refractivity contribution in [1.82, 2.24) is 5.32 Å². The highest BCUT2D eigenvalue weighted by atomic mass is 35.5. The van der Waals surface area contributed by atoms with Crippen LogP contribution in [-0.2, 0) is 9.53 Å². The number of alkyl halides is 1. The molecule has 1 amide bonds. The van der Waals surface area contributed by atoms with Crippen LogP contribution in [0.3, 0.4) is 0 Å². The van der Waals surface area contributed by atoms with E-state index in [2.05, 4.69) is 12.2 Å². The maximum absolute atomic E-state index is 12.3. The van der Waals surface area contributed by atoms with E-state index in [0.717, 1.165) is 19.3 Å². The molecule has 4 heteroatoms. The summed E-state index contributed by atoms with van der Waals surface area (Å²) in [6.07, 6.45) is 3.35. The van der Waals surface area contributed by atoms with E-state index in [1.807, 2.05) is 13.8 Å². The van der Waals surface area contributed by atoms with Crippen molar-refractivity contribution >= 4 is 17.5 Å². The van der Waals surface area contributed by atoms with Crippen LogP contribution in [-0.4, -0.2) is 29.5 Å². The van der Waals surface area contributed by atoms with E-state index in [9.17, 15) is 4.79 Å². The number of carbonyl (C=O) groups is 1. The van der Waals surface area contributed by atoms with Gasteiger partial charge in [0, 0.05) is 5.88 Å². The van der Waals surface area contributed by atoms with E-state index in [1.54, 1.807) is 0 Å². The van der Waals surface area contributed by atoms with Crippen molar-refractivity contribution in [3.05, 3.63) is 0 Å². The highest BCUT2D eigenvalue weighted by molar-refractivity contribution is 6.18. The van der Waals surface area contributed by atoms with Gasteiger partial charge in [-0.3, -0.25) is 4.79 Å². The van der Waals surface area contributed by atoms with Crippen molar-refractivity contribution in [2.24, 2.45) is 11.8 Å². The van der Waals surface area contributed by atoms with Gasteiger partial charge in [-0.1, -0.05) is 6.92 Å². The predicted molar refractivity (Wildman–Crippen MR) is 68.1 cm³/mol. The van der Waals surface area contributed by atoms with Crippen molar-refractivity contribution in [3.8, 4) is 0 Å². The van der Waals surface area contributed by atoms with Gasteiger partial charge in [0.2, 0.25) is 5.91 Å². The Morgan fingerprint density at radius 3 is 2.35 bits per heavy atom. The lowest BCUT2D eigenvalue weighted by molar-refractivity contribution is -0.130. The molecule has 0 aromatic rings. The van der Waals surface area contributed by atoms with Crippen molar-refractivity contribution in [1.29, 1.82) is 0 Å². The Kier molecular flexibility index (Phi) is 3.69. The normalized spacial score (nSPS) is 39.8. The van der Waals surface area contributed by atoms with Crippen LogP contribution < -0.4 is 5.32 Å². The maximum atomic E-state index is 12.3. The molecule has 4 atom stereocenters. The van der Waals surface area contributed by atoms with E-state index < -0.39 is 0 Å². The molecule has 1 saturated carbocycles. The summed E-state index contributed by atoms with van der Waals surface area (Å²) >= 11 is 5.97. The summed E-state index contributed by atoms with van der Waals surface area (Å²) in [7, 11) is 0. The second-order valence-corrected chi connectivity index (χ2v) is 5.96. The first-order valence-electron chi connectivity index (χ1n) is 6.52. The second-order valence-electron chi connectivity index (χ2n) is 5.69. The number of hydrogen-bond donors (Lipinski definition) is 1. The Morgan fingerprint density at radius 1 is 1.35 bits per heavy atom. The van der Waals surface area contributed by atoms with E-state index in [1.165, 1.54) is 0 Å². The van der Waals surface area contributed by atoms with Gasteiger partial charge in [0.25, 0.3) is 0 Å². The molecule has 0 radical (unpaired) electrons. The van der Waals surface area contributed by atoms with E-state index in [4.69, 9.17) is 16.3 Å². The number of halogens is 1. The number of rotatable bonds is 3. The minimum absolute atomic E-state index is 0.00690. The van der Waals surface area contributed by atoms with E-state index >= 15 is 0 Å². The lowest BCUT2D eigenvalue weighted by Gasteiger charge is -2.42. The number of carbonyl (C=O) groups excluding carboxylic acids is 1. The van der Waals surface area contributed by atoms with Crippen molar-refractivity contribution < 1.29 is 9.53 Å². The van der Waals surface area contributed by atoms with Crippen LogP contribution in [0.4, 0.5) is 0 Å². The molecule has 1 aliphatic heterocycles. The Hall–Kier alpha value is -0.280. The summed E-state index contributed by atoms with van der Waals surface area (Å²) in [4.78, 5) is 12.3. The average Bonchev–Trinajstić information content (AvgIpc) is 2.47. The van der Waals surface area contributed by atoms with Crippen LogP contribution in [0.15, 0.2) is 0 Å². The summed E-state index contributed by atoms with van der Waals surface area (Å²) in [6, 6.07) is 0. The number of nitrogens with one attached hydrogen (secondary N) is 1. The fraction of sp³-hybridized carbons (Fsp3) is 0.923. The minimum Gasteiger partial charge on any atom is -0.374 e. The van der Waals surface area contributed by atoms with Gasteiger partial charge in [-0.05, 0) is 39.0 Å². The van der Waals surface area contributed by atoms with Crippen LogP contribution in [0.5, 0.6) is 0 Å². The molecule has 2 rings (SSSR count). The molecule has 1 aliphatic carbocycles. The van der Waals surface area contributed by atoms with E-state index in [0.29, 0.717) is 5.88 Å². The molecular weight excluding hydrogens is 238 g/mol. The standard InChI is InChI=1S/C13H22ClNO2/c1-8-9(2)17-10(3)11(8)12(16)15-13(7-14)5-4-6-13/h8-11H,4-7H2,1-3H3,(H,15,16). The minimum atomic E-state index is -0.135. The Morgan fingerprint density at radius 2 is 2.00 bits per heavy atom. The molecule has 0 aromatic heterocycles. The molecular formula is C13H22ClNO2. The smallest absolute Gasteiger partial charge is 0.226 e. The zero-order chi connectivity index (χ0) is 12.6. The number of amides is 1. The first-order valence-corrected chi connectivity index (χ1v) is 7.06. The van der Waals surface area contributed by atoms with Gasteiger partial charge in [-0.25, -0.2) is 0 Å². The predicted octanol–water partition coefficient (Wildman–Crippen LogP) is 2.32. The molecule has 1 heterocycles. The second kappa shape index (κ2) is 4.77. The Balaban J connectivity index is 2.00. The summed E-state index contributed by atoms with van der Waals surface area (Å²) in [5.41, 5.74) is -0.135. The molecule has 3 nitrogen and oxygen atoms in total. The lowest BCUT2D eigenvalue weighted by Crippen LogP contribution is -2.57. The quantitative estimate of drug-likeness (QED) is 0.790. The third-order valence-electron chi connectivity index (χ3n) is 4.50. The first kappa shape index (κ1) is 13.2. The summed E-state index contributed by atoms with van der Waals surface area (Å²) in [5, 5.41) is 3.15. The summed E-state index contributed by atoms with van der Waals surface area (Å²) in [6.45, 7) is 6.11. The van der Waals surface area contributed by atoms with Crippen molar-refractivity contribution in [2.75, 3.05) is 5.88 Å². The third-order valence-corrected chi connectivity index (χ3v) is 5.01. The summed E-state index contributed by atoms with van der Waals surface area (Å²) in [5.74, 6) is 0.878. The zero-order valence-corrected chi connectivity index (χ0v) is 11.6. The van der Waals surface area contributed by atoms with Crippen LogP contribution in [0.1, 0.15) is 40.0 Å². The van der Waals surface area contributed by atoms with Gasteiger partial charge in [0.05, 0.1) is 23.7 Å². The van der Waals surface area contributed by atoms with Crippen LogP contribution in [0.2, 0.25) is 0 Å². The highest BCUT2D eigenvalue weighted by Crippen LogP contribution is 2.36. The van der Waals surface area contributed by atoms with Crippen LogP contribution >= 0.6 is 11.6 Å². The molecule has 0 aromatic carbocycles. The Labute approximate surface area is 108 Å². The van der Waals surface area contributed by atoms with Gasteiger partial charge in [0.15, 0.2) is 0 Å². The Bertz CT molecular complexity index is 298. The van der Waals surface area contributed by atoms with Crippen molar-refractivity contribution in [2.45, 2.75) is 57.8 Å². The van der Waals surface area contributed by atoms with Crippen molar-refractivity contribution in [3.63, 3.8) is 0 Å². The lowest BCUT2D eigenvalue weighted by atomic mass is 9.77. The van der Waals surface area contributed by atoms with Gasteiger partial charge in [0.1, 0.15) is 0 Å². The average molecular weight is 260 g/mol. The monoisotopic (exact) mass is 259 g/mol. The molecule has 2 fully saturated rings. The molecule has 98 valence electrons. The molecule has 2 aliphatic rings. The zero-order valence-electron chi connectivity index (χ0n) is 10.8. The number of hydrogen-bond acceptors (Lipinski definition) is 2. The highest BCUT2D eigenvalue weighted by Gasteiger charge is 2.45. The molecule has 4 unspecified atom stereocenters. The molecule has 1 saturated heterocycles. The summed E-state index contributed by atoms with van der Waals surface area (Å²) < 4.78 is 5.71. The SMILES string of the molecule is CC1OC(C)C(C(=O)NC2(CCl)CCC2)C1C. The largest absolute Gasteiger partial charge is 0.374 e. The van der Waals surface area contributed by atoms with Gasteiger partial charge in [-0.15, -0.1) is 11.6 Å². The van der Waals surface area contributed by atoms with E-state index in [-0.39, 0.29) is 35.5 Å². The van der Waals surface area contributed by atoms with Gasteiger partial charge >= 0.3 is 0 Å². The molecule has 17 heavy (non-hydrogen) atoms. The third kappa shape index (κ3) is 2.32. The molecule has 0 bridgehead atoms. The first-order chi connectivity index (χ1) is 7.99. The maximum Gasteiger partial charge on any atom is 0.226 e.